The van der Waals surface area contributed by atoms with E-state index in [1.165, 1.54) is 166 Å². The second kappa shape index (κ2) is 17.5. The van der Waals surface area contributed by atoms with Crippen LogP contribution in [-0.2, 0) is 16.2 Å². The van der Waals surface area contributed by atoms with Crippen molar-refractivity contribution in [3.05, 3.63) is 276 Å². The fraction of sp³-hybridized carbons (Fsp3) is 0.195. The number of hydrogen-bond donors (Lipinski definition) is 0. The first-order valence-electron chi connectivity index (χ1n) is 31.0. The van der Waals surface area contributed by atoms with Crippen molar-refractivity contribution < 1.29 is 0 Å². The second-order valence-electron chi connectivity index (χ2n) is 26.9. The summed E-state index contributed by atoms with van der Waals surface area (Å²) in [5, 5.41) is 2.55. The van der Waals surface area contributed by atoms with Crippen LogP contribution in [0.5, 0.6) is 0 Å². The Morgan fingerprint density at radius 3 is 1.50 bits per heavy atom. The summed E-state index contributed by atoms with van der Waals surface area (Å²) < 4.78 is 2.46. The number of fused-ring (bicyclic) bond motifs is 12. The summed E-state index contributed by atoms with van der Waals surface area (Å²) >= 11 is 0. The molecule has 2 heteroatoms. The molecule has 7 aliphatic carbocycles. The molecule has 0 saturated heterocycles. The zero-order valence-electron chi connectivity index (χ0n) is 48.3. The van der Waals surface area contributed by atoms with Crippen LogP contribution >= 0.6 is 0 Å². The Morgan fingerprint density at radius 1 is 0.321 bits per heavy atom. The van der Waals surface area contributed by atoms with Gasteiger partial charge in [0.1, 0.15) is 0 Å². The van der Waals surface area contributed by atoms with E-state index in [1.807, 2.05) is 0 Å². The van der Waals surface area contributed by atoms with E-state index in [9.17, 15) is 0 Å². The van der Waals surface area contributed by atoms with Gasteiger partial charge in [-0.1, -0.05) is 191 Å². The smallest absolute Gasteiger partial charge is 0.0541 e. The van der Waals surface area contributed by atoms with Crippen molar-refractivity contribution in [3.63, 3.8) is 0 Å². The van der Waals surface area contributed by atoms with Crippen LogP contribution in [-0.4, -0.2) is 4.57 Å². The zero-order valence-corrected chi connectivity index (χ0v) is 48.3. The first-order valence-corrected chi connectivity index (χ1v) is 31.0. The summed E-state index contributed by atoms with van der Waals surface area (Å²) in [5.74, 6) is 2.72. The van der Waals surface area contributed by atoms with Crippen LogP contribution in [0.1, 0.15) is 93.2 Å². The van der Waals surface area contributed by atoms with E-state index in [1.54, 1.807) is 11.1 Å². The van der Waals surface area contributed by atoms with Crippen molar-refractivity contribution in [1.82, 2.24) is 4.57 Å². The molecule has 0 N–H and O–H groups in total. The van der Waals surface area contributed by atoms with E-state index in [2.05, 4.69) is 280 Å². The highest BCUT2D eigenvalue weighted by Crippen LogP contribution is 2.71. The Bertz CT molecular complexity index is 4610. The SMILES string of the molecule is CC1(C)c2ccccc2-c2ccc(N(c3ccc4c(c3)C(C)(C)c3ccccc3-4)c3cc(-c4ccc5c(c4)c4ccccc4n5-c4ccccc4)c4c(c3)C3(c5cc(-c6cccc(-c7ccccc7)c6)ccc5-4)C4CC5CC(C4)CC3C5)cc21. The molecule has 1 spiro atoms. The van der Waals surface area contributed by atoms with Gasteiger partial charge in [-0.15, -0.1) is 0 Å². The zero-order chi connectivity index (χ0) is 55.8. The monoisotopic (exact) mass is 1080 g/mol. The van der Waals surface area contributed by atoms with Crippen molar-refractivity contribution in [1.29, 1.82) is 0 Å². The highest BCUT2D eigenvalue weighted by atomic mass is 15.1. The first kappa shape index (κ1) is 48.5. The molecule has 4 bridgehead atoms. The van der Waals surface area contributed by atoms with E-state index in [4.69, 9.17) is 0 Å². The molecule has 11 aromatic carbocycles. The van der Waals surface area contributed by atoms with Gasteiger partial charge in [-0.05, 0) is 235 Å². The van der Waals surface area contributed by atoms with Gasteiger partial charge in [0.05, 0.1) is 11.0 Å². The van der Waals surface area contributed by atoms with Crippen molar-refractivity contribution >= 4 is 38.9 Å². The number of para-hydroxylation sites is 2. The van der Waals surface area contributed by atoms with Crippen molar-refractivity contribution in [2.45, 2.75) is 76.0 Å². The fourth-order valence-corrected chi connectivity index (χ4v) is 18.5. The minimum atomic E-state index is -0.170. The third-order valence-electron chi connectivity index (χ3n) is 21.9. The third kappa shape index (κ3) is 6.69. The third-order valence-corrected chi connectivity index (χ3v) is 21.9. The highest BCUT2D eigenvalue weighted by molar-refractivity contribution is 6.11. The molecule has 0 atom stereocenters. The number of anilines is 3. The van der Waals surface area contributed by atoms with Crippen LogP contribution in [0.15, 0.2) is 243 Å². The molecule has 1 heterocycles. The Hall–Kier alpha value is -8.98. The predicted octanol–water partition coefficient (Wildman–Crippen LogP) is 21.6. The Balaban J connectivity index is 0.925. The lowest BCUT2D eigenvalue weighted by atomic mass is 9.43. The minimum Gasteiger partial charge on any atom is -0.310 e. The van der Waals surface area contributed by atoms with Gasteiger partial charge < -0.3 is 9.47 Å². The van der Waals surface area contributed by atoms with E-state index in [-0.39, 0.29) is 16.2 Å². The molecule has 4 saturated carbocycles. The molecular formula is C82H66N2. The molecular weight excluding hydrogens is 1010 g/mol. The Labute approximate surface area is 493 Å². The topological polar surface area (TPSA) is 8.17 Å². The molecule has 19 rings (SSSR count). The molecule has 84 heavy (non-hydrogen) atoms. The summed E-state index contributed by atoms with van der Waals surface area (Å²) in [7, 11) is 0. The molecule has 0 aliphatic heterocycles. The number of benzene rings is 11. The predicted molar refractivity (Wildman–Crippen MR) is 350 cm³/mol. The van der Waals surface area contributed by atoms with Crippen molar-refractivity contribution in [3.8, 4) is 72.4 Å². The maximum atomic E-state index is 2.75. The first-order chi connectivity index (χ1) is 41.1. The molecule has 0 radical (unpaired) electrons. The van der Waals surface area contributed by atoms with E-state index >= 15 is 0 Å². The van der Waals surface area contributed by atoms with Gasteiger partial charge in [0.2, 0.25) is 0 Å². The number of hydrogen-bond acceptors (Lipinski definition) is 1. The van der Waals surface area contributed by atoms with Gasteiger partial charge in [-0.2, -0.15) is 0 Å². The van der Waals surface area contributed by atoms with Gasteiger partial charge in [0, 0.05) is 49.8 Å². The second-order valence-corrected chi connectivity index (χ2v) is 26.9. The lowest BCUT2D eigenvalue weighted by Crippen LogP contribution is -2.55. The van der Waals surface area contributed by atoms with Gasteiger partial charge in [-0.3, -0.25) is 0 Å². The molecule has 0 unspecified atom stereocenters. The average Bonchev–Trinajstić information content (AvgIpc) is 1.70. The van der Waals surface area contributed by atoms with Crippen LogP contribution in [0.4, 0.5) is 17.1 Å². The lowest BCUT2D eigenvalue weighted by Gasteiger charge is -2.61. The normalized spacial score (nSPS) is 21.1. The molecule has 4 fully saturated rings. The molecule has 404 valence electrons. The van der Waals surface area contributed by atoms with E-state index < -0.39 is 0 Å². The van der Waals surface area contributed by atoms with Crippen LogP contribution in [0, 0.1) is 23.7 Å². The van der Waals surface area contributed by atoms with E-state index in [0.29, 0.717) is 11.8 Å². The quantitative estimate of drug-likeness (QED) is 0.154. The molecule has 12 aromatic rings. The Kier molecular flexibility index (Phi) is 10.1. The van der Waals surface area contributed by atoms with Crippen molar-refractivity contribution in [2.75, 3.05) is 4.90 Å². The van der Waals surface area contributed by atoms with Gasteiger partial charge in [-0.25, -0.2) is 0 Å². The summed E-state index contributed by atoms with van der Waals surface area (Å²) in [6.07, 6.45) is 6.61. The number of nitrogens with zero attached hydrogens (tertiary/aromatic N) is 2. The summed E-state index contributed by atoms with van der Waals surface area (Å²) in [4.78, 5) is 2.68. The Morgan fingerprint density at radius 2 is 0.833 bits per heavy atom. The molecule has 7 aliphatic rings. The van der Waals surface area contributed by atoms with E-state index in [0.717, 1.165) is 11.8 Å². The van der Waals surface area contributed by atoms with Crippen LogP contribution in [0.3, 0.4) is 0 Å². The lowest BCUT2D eigenvalue weighted by molar-refractivity contribution is -0.0399. The minimum absolute atomic E-state index is 0.141. The van der Waals surface area contributed by atoms with Crippen LogP contribution < -0.4 is 4.90 Å². The standard InChI is InChI=1S/C82H66N2/c1-80(2)71-27-14-11-24-63(71)65-35-32-60(47-73(65)80)83(61-33-36-66-64-25-12-15-28-72(64)81(3,4)74(66)48-61)62-46-69(56-31-37-78-70(44-56)67-26-13-16-29-77(67)84(78)59-22-9-6-10-23-59)79-68-34-30-55(54-21-17-20-53(43-54)52-18-7-5-8-19-52)45-75(68)82(76(79)49-62)57-39-50-38-51(41-57)42-58(82)40-50/h5-37,43-51,57-58H,38-42H2,1-4H3. The summed E-state index contributed by atoms with van der Waals surface area (Å²) in [5.41, 5.74) is 31.4. The molecule has 1 aromatic heterocycles. The number of rotatable bonds is 7. The highest BCUT2D eigenvalue weighted by Gasteiger charge is 2.62. The van der Waals surface area contributed by atoms with Crippen LogP contribution in [0.2, 0.25) is 0 Å². The van der Waals surface area contributed by atoms with Gasteiger partial charge >= 0.3 is 0 Å². The van der Waals surface area contributed by atoms with Gasteiger partial charge in [0.25, 0.3) is 0 Å². The number of aromatic nitrogens is 1. The van der Waals surface area contributed by atoms with Crippen molar-refractivity contribution in [2.24, 2.45) is 23.7 Å². The fourth-order valence-electron chi connectivity index (χ4n) is 18.5. The van der Waals surface area contributed by atoms with Crippen LogP contribution in [0.25, 0.3) is 94.3 Å². The van der Waals surface area contributed by atoms with Gasteiger partial charge in [0.15, 0.2) is 0 Å². The largest absolute Gasteiger partial charge is 0.310 e. The molecule has 0 amide bonds. The molecule has 2 nitrogen and oxygen atoms in total. The maximum Gasteiger partial charge on any atom is 0.0541 e. The maximum absolute atomic E-state index is 2.75. The average molecular weight is 1080 g/mol. The summed E-state index contributed by atoms with van der Waals surface area (Å²) in [6.45, 7) is 9.72. The summed E-state index contributed by atoms with van der Waals surface area (Å²) in [6, 6.07) is 93.8.